The normalized spacial score (nSPS) is 10.7. The first-order valence-corrected chi connectivity index (χ1v) is 4.37. The highest BCUT2D eigenvalue weighted by atomic mass is 16.6. The SMILES string of the molecule is COc1cccc(N/C=C(/C=O)[N+](=O)[O-])c1. The highest BCUT2D eigenvalue weighted by Crippen LogP contribution is 2.16. The first-order valence-electron chi connectivity index (χ1n) is 4.37. The molecule has 0 aliphatic carbocycles. The van der Waals surface area contributed by atoms with E-state index in [1.54, 1.807) is 24.3 Å². The average molecular weight is 222 g/mol. The number of anilines is 1. The molecule has 0 bridgehead atoms. The Morgan fingerprint density at radius 1 is 1.56 bits per heavy atom. The van der Waals surface area contributed by atoms with E-state index in [1.165, 1.54) is 7.11 Å². The van der Waals surface area contributed by atoms with Crippen LogP contribution in [0.4, 0.5) is 5.69 Å². The monoisotopic (exact) mass is 222 g/mol. The van der Waals surface area contributed by atoms with Crippen LogP contribution < -0.4 is 10.1 Å². The van der Waals surface area contributed by atoms with E-state index >= 15 is 0 Å². The molecule has 0 aromatic heterocycles. The molecular weight excluding hydrogens is 212 g/mol. The van der Waals surface area contributed by atoms with Gasteiger partial charge in [0, 0.05) is 11.8 Å². The summed E-state index contributed by atoms with van der Waals surface area (Å²) in [6.45, 7) is 0. The lowest BCUT2D eigenvalue weighted by atomic mass is 10.3. The zero-order valence-corrected chi connectivity index (χ0v) is 8.54. The van der Waals surface area contributed by atoms with Crippen LogP contribution in [0.3, 0.4) is 0 Å². The van der Waals surface area contributed by atoms with Crippen LogP contribution in [0.5, 0.6) is 5.75 Å². The maximum absolute atomic E-state index is 10.3. The van der Waals surface area contributed by atoms with Crippen LogP contribution in [-0.4, -0.2) is 18.3 Å². The Labute approximate surface area is 91.7 Å². The molecule has 0 heterocycles. The highest BCUT2D eigenvalue weighted by molar-refractivity contribution is 5.70. The number of methoxy groups -OCH3 is 1. The van der Waals surface area contributed by atoms with Crippen molar-refractivity contribution in [3.8, 4) is 5.75 Å². The van der Waals surface area contributed by atoms with Gasteiger partial charge in [0.1, 0.15) is 5.75 Å². The van der Waals surface area contributed by atoms with Gasteiger partial charge >= 0.3 is 5.70 Å². The largest absolute Gasteiger partial charge is 0.497 e. The van der Waals surface area contributed by atoms with Crippen LogP contribution in [0, 0.1) is 10.1 Å². The minimum Gasteiger partial charge on any atom is -0.497 e. The van der Waals surface area contributed by atoms with E-state index < -0.39 is 10.6 Å². The molecule has 1 rings (SSSR count). The Balaban J connectivity index is 2.80. The fraction of sp³-hybridized carbons (Fsp3) is 0.100. The fourth-order valence-corrected chi connectivity index (χ4v) is 1.000. The summed E-state index contributed by atoms with van der Waals surface area (Å²) in [7, 11) is 1.52. The maximum atomic E-state index is 10.3. The molecule has 0 aliphatic rings. The number of aldehydes is 1. The number of hydrogen-bond acceptors (Lipinski definition) is 5. The lowest BCUT2D eigenvalue weighted by Crippen LogP contribution is -2.02. The summed E-state index contributed by atoms with van der Waals surface area (Å²) >= 11 is 0. The summed E-state index contributed by atoms with van der Waals surface area (Å²) in [5.41, 5.74) is 0.0587. The number of ether oxygens (including phenoxy) is 1. The zero-order chi connectivity index (χ0) is 12.0. The molecule has 1 aromatic rings. The Morgan fingerprint density at radius 3 is 2.88 bits per heavy atom. The predicted molar refractivity (Wildman–Crippen MR) is 57.8 cm³/mol. The van der Waals surface area contributed by atoms with Gasteiger partial charge in [0.25, 0.3) is 0 Å². The quantitative estimate of drug-likeness (QED) is 0.352. The van der Waals surface area contributed by atoms with Gasteiger partial charge in [-0.05, 0) is 12.1 Å². The molecule has 0 saturated carbocycles. The molecule has 0 spiro atoms. The van der Waals surface area contributed by atoms with Crippen LogP contribution in [0.2, 0.25) is 0 Å². The molecule has 0 fully saturated rings. The van der Waals surface area contributed by atoms with E-state index in [4.69, 9.17) is 4.74 Å². The van der Waals surface area contributed by atoms with E-state index in [0.29, 0.717) is 11.4 Å². The molecule has 6 nitrogen and oxygen atoms in total. The van der Waals surface area contributed by atoms with E-state index in [-0.39, 0.29) is 6.29 Å². The van der Waals surface area contributed by atoms with Crippen LogP contribution in [0.1, 0.15) is 0 Å². The molecule has 0 radical (unpaired) electrons. The van der Waals surface area contributed by atoms with Crippen molar-refractivity contribution in [3.63, 3.8) is 0 Å². The number of allylic oxidation sites excluding steroid dienone is 1. The second-order valence-corrected chi connectivity index (χ2v) is 2.82. The van der Waals surface area contributed by atoms with Gasteiger partial charge in [0.15, 0.2) is 0 Å². The summed E-state index contributed by atoms with van der Waals surface area (Å²) in [5.74, 6) is 0.618. The molecule has 16 heavy (non-hydrogen) atoms. The summed E-state index contributed by atoms with van der Waals surface area (Å²) in [6, 6.07) is 6.81. The molecule has 0 atom stereocenters. The Hall–Kier alpha value is -2.37. The maximum Gasteiger partial charge on any atom is 0.324 e. The summed E-state index contributed by atoms with van der Waals surface area (Å²) in [5, 5.41) is 13.0. The number of rotatable bonds is 5. The summed E-state index contributed by atoms with van der Waals surface area (Å²) in [6.07, 6.45) is 1.20. The van der Waals surface area contributed by atoms with Gasteiger partial charge < -0.3 is 10.1 Å². The highest BCUT2D eigenvalue weighted by Gasteiger charge is 2.07. The molecule has 84 valence electrons. The lowest BCUT2D eigenvalue weighted by Gasteiger charge is -2.03. The first-order chi connectivity index (χ1) is 7.67. The first kappa shape index (κ1) is 11.7. The van der Waals surface area contributed by atoms with Crippen molar-refractivity contribution in [2.75, 3.05) is 12.4 Å². The topological polar surface area (TPSA) is 81.5 Å². The molecule has 0 aliphatic heterocycles. The van der Waals surface area contributed by atoms with Gasteiger partial charge in [0.2, 0.25) is 6.29 Å². The van der Waals surface area contributed by atoms with Crippen LogP contribution in [-0.2, 0) is 4.79 Å². The minimum atomic E-state index is -0.764. The number of carbonyl (C=O) groups excluding carboxylic acids is 1. The standard InChI is InChI=1S/C10H10N2O4/c1-16-10-4-2-3-8(5-10)11-6-9(7-13)12(14)15/h2-7,11H,1H3/b9-6-. The number of carbonyl (C=O) groups is 1. The molecule has 0 saturated heterocycles. The van der Waals surface area contributed by atoms with Gasteiger partial charge in [0.05, 0.1) is 18.2 Å². The number of benzene rings is 1. The predicted octanol–water partition coefficient (Wildman–Crippen LogP) is 1.42. The third kappa shape index (κ3) is 3.09. The number of hydrogen-bond donors (Lipinski definition) is 1. The number of nitrogens with one attached hydrogen (secondary N) is 1. The van der Waals surface area contributed by atoms with Crippen molar-refractivity contribution in [3.05, 3.63) is 46.3 Å². The minimum absolute atomic E-state index is 0.174. The van der Waals surface area contributed by atoms with E-state index in [9.17, 15) is 14.9 Å². The molecule has 1 aromatic carbocycles. The van der Waals surface area contributed by atoms with Crippen LogP contribution in [0.15, 0.2) is 36.2 Å². The summed E-state index contributed by atoms with van der Waals surface area (Å²) < 4.78 is 4.97. The van der Waals surface area contributed by atoms with Gasteiger partial charge in [-0.1, -0.05) is 6.07 Å². The molecule has 0 amide bonds. The van der Waals surface area contributed by atoms with Crippen molar-refractivity contribution in [2.24, 2.45) is 0 Å². The van der Waals surface area contributed by atoms with E-state index in [1.807, 2.05) is 0 Å². The van der Waals surface area contributed by atoms with Crippen molar-refractivity contribution >= 4 is 12.0 Å². The molecular formula is C10H10N2O4. The average Bonchev–Trinajstić information content (AvgIpc) is 2.29. The van der Waals surface area contributed by atoms with Crippen LogP contribution in [0.25, 0.3) is 0 Å². The van der Waals surface area contributed by atoms with Gasteiger partial charge in [-0.2, -0.15) is 0 Å². The fourth-order valence-electron chi connectivity index (χ4n) is 1.000. The zero-order valence-electron chi connectivity index (χ0n) is 8.54. The van der Waals surface area contributed by atoms with Crippen molar-refractivity contribution < 1.29 is 14.5 Å². The van der Waals surface area contributed by atoms with Crippen molar-refractivity contribution in [1.82, 2.24) is 0 Å². The Morgan fingerprint density at radius 2 is 2.31 bits per heavy atom. The third-order valence-corrected chi connectivity index (χ3v) is 1.79. The Bertz CT molecular complexity index is 429. The third-order valence-electron chi connectivity index (χ3n) is 1.79. The van der Waals surface area contributed by atoms with Gasteiger partial charge in [-0.25, -0.2) is 0 Å². The van der Waals surface area contributed by atoms with E-state index in [0.717, 1.165) is 6.20 Å². The van der Waals surface area contributed by atoms with E-state index in [2.05, 4.69) is 5.32 Å². The van der Waals surface area contributed by atoms with Crippen LogP contribution >= 0.6 is 0 Å². The molecule has 0 unspecified atom stereocenters. The van der Waals surface area contributed by atoms with Gasteiger partial charge in [-0.3, -0.25) is 14.9 Å². The smallest absolute Gasteiger partial charge is 0.324 e. The van der Waals surface area contributed by atoms with Crippen molar-refractivity contribution in [2.45, 2.75) is 0 Å². The number of nitro groups is 1. The second kappa shape index (κ2) is 5.50. The molecule has 6 heteroatoms. The number of nitrogens with zero attached hydrogens (tertiary/aromatic N) is 1. The van der Waals surface area contributed by atoms with Gasteiger partial charge in [-0.15, -0.1) is 0 Å². The Kier molecular flexibility index (Phi) is 4.02. The lowest BCUT2D eigenvalue weighted by molar-refractivity contribution is -0.417. The molecule has 1 N–H and O–H groups in total. The van der Waals surface area contributed by atoms with Crippen molar-refractivity contribution in [1.29, 1.82) is 0 Å². The summed E-state index contributed by atoms with van der Waals surface area (Å²) in [4.78, 5) is 19.9. The second-order valence-electron chi connectivity index (χ2n) is 2.82.